The van der Waals surface area contributed by atoms with Gasteiger partial charge in [0.15, 0.2) is 21.4 Å². The van der Waals surface area contributed by atoms with E-state index in [1.54, 1.807) is 0 Å². The van der Waals surface area contributed by atoms with Crippen LogP contribution in [0, 0.1) is 0 Å². The van der Waals surface area contributed by atoms with Crippen molar-refractivity contribution in [3.8, 4) is 0 Å². The maximum absolute atomic E-state index is 15.5. The van der Waals surface area contributed by atoms with Crippen LogP contribution >= 0.6 is 21.4 Å². The lowest BCUT2D eigenvalue weighted by atomic mass is 10.3. The molecule has 0 saturated carbocycles. The van der Waals surface area contributed by atoms with E-state index < -0.39 is 21.4 Å². The van der Waals surface area contributed by atoms with Gasteiger partial charge in [0.05, 0.1) is 0 Å². The van der Waals surface area contributed by atoms with Crippen LogP contribution in [0.3, 0.4) is 0 Å². The van der Waals surface area contributed by atoms with Crippen molar-refractivity contribution in [2.24, 2.45) is 0 Å². The van der Waals surface area contributed by atoms with Crippen molar-refractivity contribution in [1.82, 2.24) is 0 Å². The lowest BCUT2D eigenvalue weighted by Gasteiger charge is -2.24. The predicted molar refractivity (Wildman–Crippen MR) is 205 cm³/mol. The molecule has 0 radical (unpaired) electrons. The van der Waals surface area contributed by atoms with Gasteiger partial charge < -0.3 is 13.7 Å². The normalized spacial score (nSPS) is 12.0. The molecule has 0 aliphatic carbocycles. The fraction of sp³-hybridized carbons (Fsp3) is 0. The maximum Gasteiger partial charge on any atom is 0.171 e. The molecule has 0 saturated heterocycles. The summed E-state index contributed by atoms with van der Waals surface area (Å²) in [6, 6.07) is 62.5. The summed E-state index contributed by atoms with van der Waals surface area (Å²) in [5, 5.41) is 6.27. The van der Waals surface area contributed by atoms with Gasteiger partial charge >= 0.3 is 0 Å². The Morgan fingerprint density at radius 3 is 0.458 bits per heavy atom. The van der Waals surface area contributed by atoms with E-state index in [9.17, 15) is 9.13 Å². The van der Waals surface area contributed by atoms with E-state index in [2.05, 4.69) is 0 Å². The Bertz CT molecular complexity index is 2040. The first-order chi connectivity index (χ1) is 23.4. The van der Waals surface area contributed by atoms with E-state index in [-0.39, 0.29) is 0 Å². The van der Waals surface area contributed by atoms with Crippen molar-refractivity contribution in [2.75, 3.05) is 0 Å². The van der Waals surface area contributed by atoms with Gasteiger partial charge in [-0.1, -0.05) is 200 Å². The van der Waals surface area contributed by atoms with Gasteiger partial charge in [-0.25, -0.2) is 0 Å². The number of rotatable bonds is 9. The Morgan fingerprint density at radius 2 is 0.312 bits per heavy atom. The van der Waals surface area contributed by atoms with Gasteiger partial charge in [0, 0.05) is 47.7 Å². The third kappa shape index (κ3) is 5.59. The minimum atomic E-state index is -3.39. The van der Waals surface area contributed by atoms with Crippen molar-refractivity contribution in [2.45, 2.75) is 0 Å². The molecule has 0 atom stereocenters. The first-order valence-corrected chi connectivity index (χ1v) is 20.9. The average Bonchev–Trinajstić information content (AvgIpc) is 3.19. The van der Waals surface area contributed by atoms with Gasteiger partial charge in [-0.3, -0.25) is 0 Å². The number of hydrogen-bond acceptors (Lipinski definition) is 3. The molecule has 0 N–H and O–H groups in total. The van der Waals surface area contributed by atoms with Crippen molar-refractivity contribution in [3.05, 3.63) is 200 Å². The zero-order valence-electron chi connectivity index (χ0n) is 26.1. The van der Waals surface area contributed by atoms with E-state index >= 15 is 4.57 Å². The summed E-state index contributed by atoms with van der Waals surface area (Å²) in [7, 11) is -9.78. The molecule has 0 aromatic heterocycles. The predicted octanol–water partition coefficient (Wildman–Crippen LogP) is 6.60. The molecule has 3 nitrogen and oxygen atoms in total. The smallest absolute Gasteiger partial charge is 0.171 e. The number of hydrogen-bond donors (Lipinski definition) is 0. The molecule has 6 heteroatoms. The highest BCUT2D eigenvalue weighted by molar-refractivity contribution is 7.86. The molecular formula is C42H33O3P3. The quantitative estimate of drug-likeness (QED) is 0.162. The van der Waals surface area contributed by atoms with Gasteiger partial charge in [0.2, 0.25) is 0 Å². The zero-order chi connectivity index (χ0) is 33.0. The summed E-state index contributed by atoms with van der Waals surface area (Å²) in [6.07, 6.45) is 0. The largest absolute Gasteiger partial charge is 0.309 e. The van der Waals surface area contributed by atoms with Crippen LogP contribution in [-0.4, -0.2) is 0 Å². The highest BCUT2D eigenvalue weighted by Gasteiger charge is 2.34. The van der Waals surface area contributed by atoms with Crippen LogP contribution in [0.4, 0.5) is 0 Å². The average molecular weight is 679 g/mol. The SMILES string of the molecule is O=P(c1ccccc1)(c1ccccc1)c1ccc(P(=O)(c2ccccc2)c2ccc(P(=O)(c3ccccc3)c3ccccc3)cc2)cc1. The Labute approximate surface area is 282 Å². The van der Waals surface area contributed by atoms with Crippen LogP contribution in [0.2, 0.25) is 0 Å². The molecule has 0 aliphatic heterocycles. The zero-order valence-corrected chi connectivity index (χ0v) is 28.8. The van der Waals surface area contributed by atoms with Crippen LogP contribution in [0.15, 0.2) is 200 Å². The van der Waals surface area contributed by atoms with E-state index in [4.69, 9.17) is 0 Å². The van der Waals surface area contributed by atoms with Crippen LogP contribution < -0.4 is 47.7 Å². The molecular weight excluding hydrogens is 645 g/mol. The van der Waals surface area contributed by atoms with Gasteiger partial charge in [0.1, 0.15) is 0 Å². The van der Waals surface area contributed by atoms with Crippen LogP contribution in [0.25, 0.3) is 0 Å². The lowest BCUT2D eigenvalue weighted by molar-refractivity contribution is 0.591. The summed E-state index contributed by atoms with van der Waals surface area (Å²) >= 11 is 0. The Hall–Kier alpha value is -4.77. The molecule has 0 aliphatic rings. The van der Waals surface area contributed by atoms with Crippen LogP contribution in [-0.2, 0) is 13.7 Å². The van der Waals surface area contributed by atoms with E-state index in [1.165, 1.54) is 0 Å². The third-order valence-corrected chi connectivity index (χ3v) is 18.0. The molecule has 7 aromatic carbocycles. The summed E-state index contributed by atoms with van der Waals surface area (Å²) in [5.41, 5.74) is 0. The first kappa shape index (κ1) is 31.8. The summed E-state index contributed by atoms with van der Waals surface area (Å²) in [4.78, 5) is 0. The molecule has 48 heavy (non-hydrogen) atoms. The second kappa shape index (κ2) is 13.4. The highest BCUT2D eigenvalue weighted by atomic mass is 31.2. The van der Waals surface area contributed by atoms with Crippen LogP contribution in [0.5, 0.6) is 0 Å². The molecule has 0 heterocycles. The minimum Gasteiger partial charge on any atom is -0.309 e. The molecule has 0 bridgehead atoms. The monoisotopic (exact) mass is 678 g/mol. The molecule has 7 aromatic rings. The lowest BCUT2D eigenvalue weighted by Crippen LogP contribution is -2.29. The Morgan fingerprint density at radius 1 is 0.188 bits per heavy atom. The standard InChI is InChI=1S/C42H33O3P3/c43-46(34-16-6-1-7-17-34,35-18-8-2-9-19-35)39-26-30-41(31-27-39)48(45,38-24-14-5-15-25-38)42-32-28-40(29-33-42)47(44,36-20-10-3-11-21-36)37-22-12-4-13-23-37/h1-33H. The fourth-order valence-corrected chi connectivity index (χ4v) is 14.2. The molecule has 0 amide bonds. The van der Waals surface area contributed by atoms with Gasteiger partial charge in [-0.15, -0.1) is 0 Å². The van der Waals surface area contributed by atoms with Crippen molar-refractivity contribution < 1.29 is 13.7 Å². The molecule has 234 valence electrons. The fourth-order valence-electron chi connectivity index (χ4n) is 6.28. The van der Waals surface area contributed by atoms with Crippen molar-refractivity contribution in [3.63, 3.8) is 0 Å². The maximum atomic E-state index is 15.5. The highest BCUT2D eigenvalue weighted by Crippen LogP contribution is 2.46. The van der Waals surface area contributed by atoms with Gasteiger partial charge in [-0.2, -0.15) is 0 Å². The van der Waals surface area contributed by atoms with E-state index in [0.29, 0.717) is 26.5 Å². The molecule has 0 unspecified atom stereocenters. The van der Waals surface area contributed by atoms with Crippen molar-refractivity contribution in [1.29, 1.82) is 0 Å². The molecule has 0 spiro atoms. The first-order valence-electron chi connectivity index (χ1n) is 15.8. The topological polar surface area (TPSA) is 51.2 Å². The molecule has 0 fully saturated rings. The summed E-state index contributed by atoms with van der Waals surface area (Å²) in [5.74, 6) is 0. The Kier molecular flexibility index (Phi) is 8.87. The number of benzene rings is 7. The van der Waals surface area contributed by atoms with E-state index in [0.717, 1.165) is 21.2 Å². The van der Waals surface area contributed by atoms with Gasteiger partial charge in [-0.05, 0) is 0 Å². The van der Waals surface area contributed by atoms with Gasteiger partial charge in [0.25, 0.3) is 0 Å². The second-order valence-electron chi connectivity index (χ2n) is 11.5. The second-order valence-corrected chi connectivity index (χ2v) is 19.8. The summed E-state index contributed by atoms with van der Waals surface area (Å²) in [6.45, 7) is 0. The van der Waals surface area contributed by atoms with Crippen LogP contribution in [0.1, 0.15) is 0 Å². The molecule has 7 rings (SSSR count). The third-order valence-electron chi connectivity index (χ3n) is 8.75. The summed E-state index contributed by atoms with van der Waals surface area (Å²) < 4.78 is 45.5. The minimum absolute atomic E-state index is 0.632. The van der Waals surface area contributed by atoms with Crippen molar-refractivity contribution >= 4 is 69.2 Å². The Balaban J connectivity index is 1.35. The van der Waals surface area contributed by atoms with E-state index in [1.807, 2.05) is 200 Å².